The third kappa shape index (κ3) is 3.99. The van der Waals surface area contributed by atoms with E-state index in [1.807, 2.05) is 0 Å². The average molecular weight is 221 g/mol. The highest BCUT2D eigenvalue weighted by molar-refractivity contribution is 5.10. The van der Waals surface area contributed by atoms with Crippen LogP contribution in [0, 0.1) is 0 Å². The molecule has 0 saturated heterocycles. The Hall–Kier alpha value is -0.800. The highest BCUT2D eigenvalue weighted by Crippen LogP contribution is 2.19. The van der Waals surface area contributed by atoms with Crippen LogP contribution in [0.3, 0.4) is 0 Å². The molecule has 1 fully saturated rings. The van der Waals surface area contributed by atoms with E-state index in [1.54, 1.807) is 0 Å². The van der Waals surface area contributed by atoms with Crippen LogP contribution in [-0.2, 0) is 13.1 Å². The summed E-state index contributed by atoms with van der Waals surface area (Å²) in [7, 11) is 4.25. The van der Waals surface area contributed by atoms with Gasteiger partial charge in [-0.25, -0.2) is 0 Å². The predicted molar refractivity (Wildman–Crippen MR) is 67.5 cm³/mol. The third-order valence-corrected chi connectivity index (χ3v) is 3.01. The smallest absolute Gasteiger partial charge is 0.0231 e. The maximum absolute atomic E-state index is 3.54. The van der Waals surface area contributed by atoms with E-state index in [9.17, 15) is 0 Å². The van der Waals surface area contributed by atoms with Crippen LogP contribution < -0.4 is 5.32 Å². The van der Waals surface area contributed by atoms with Gasteiger partial charge in [-0.3, -0.25) is 0 Å². The molecule has 1 aliphatic rings. The van der Waals surface area contributed by atoms with Crippen LogP contribution in [0.4, 0.5) is 0 Å². The van der Waals surface area contributed by atoms with Crippen molar-refractivity contribution in [3.05, 3.63) is 24.0 Å². The van der Waals surface area contributed by atoms with Crippen molar-refractivity contribution in [2.75, 3.05) is 20.6 Å². The standard InChI is InChI=1S/C13H23N3/c1-15(2)7-3-8-16-9-6-12(11-16)10-14-13-4-5-13/h6,9,11,13-14H,3-5,7-8,10H2,1-2H3. The molecule has 3 nitrogen and oxygen atoms in total. The minimum atomic E-state index is 0.803. The Morgan fingerprint density at radius 1 is 1.44 bits per heavy atom. The molecule has 90 valence electrons. The Bertz CT molecular complexity index is 313. The van der Waals surface area contributed by atoms with Gasteiger partial charge in [-0.15, -0.1) is 0 Å². The van der Waals surface area contributed by atoms with Crippen LogP contribution in [-0.4, -0.2) is 36.1 Å². The maximum Gasteiger partial charge on any atom is 0.0231 e. The summed E-state index contributed by atoms with van der Waals surface area (Å²) in [5.41, 5.74) is 1.41. The first-order valence-corrected chi connectivity index (χ1v) is 6.27. The molecule has 1 heterocycles. The van der Waals surface area contributed by atoms with E-state index in [0.717, 1.165) is 25.7 Å². The molecular weight excluding hydrogens is 198 g/mol. The van der Waals surface area contributed by atoms with Gasteiger partial charge in [0, 0.05) is 31.5 Å². The lowest BCUT2D eigenvalue weighted by atomic mass is 10.3. The molecule has 16 heavy (non-hydrogen) atoms. The van der Waals surface area contributed by atoms with Crippen LogP contribution in [0.5, 0.6) is 0 Å². The molecule has 1 saturated carbocycles. The number of hydrogen-bond donors (Lipinski definition) is 1. The zero-order valence-electron chi connectivity index (χ0n) is 10.4. The van der Waals surface area contributed by atoms with Crippen LogP contribution >= 0.6 is 0 Å². The van der Waals surface area contributed by atoms with E-state index in [1.165, 1.54) is 24.8 Å². The Labute approximate surface area is 98.4 Å². The number of hydrogen-bond acceptors (Lipinski definition) is 2. The van der Waals surface area contributed by atoms with Gasteiger partial charge >= 0.3 is 0 Å². The van der Waals surface area contributed by atoms with Crippen molar-refractivity contribution in [2.24, 2.45) is 0 Å². The van der Waals surface area contributed by atoms with Gasteiger partial charge in [0.1, 0.15) is 0 Å². The largest absolute Gasteiger partial charge is 0.354 e. The minimum absolute atomic E-state index is 0.803. The second-order valence-corrected chi connectivity index (χ2v) is 5.07. The molecule has 0 spiro atoms. The second-order valence-electron chi connectivity index (χ2n) is 5.07. The van der Waals surface area contributed by atoms with Crippen molar-refractivity contribution >= 4 is 0 Å². The lowest BCUT2D eigenvalue weighted by Crippen LogP contribution is -2.15. The van der Waals surface area contributed by atoms with E-state index in [0.29, 0.717) is 0 Å². The molecule has 2 rings (SSSR count). The van der Waals surface area contributed by atoms with E-state index < -0.39 is 0 Å². The molecule has 0 aromatic carbocycles. The summed E-state index contributed by atoms with van der Waals surface area (Å²) in [5.74, 6) is 0. The van der Waals surface area contributed by atoms with E-state index in [4.69, 9.17) is 0 Å². The van der Waals surface area contributed by atoms with Crippen molar-refractivity contribution < 1.29 is 0 Å². The molecule has 3 heteroatoms. The number of rotatable bonds is 7. The Kier molecular flexibility index (Phi) is 4.02. The summed E-state index contributed by atoms with van der Waals surface area (Å²) >= 11 is 0. The summed E-state index contributed by atoms with van der Waals surface area (Å²) < 4.78 is 2.30. The summed E-state index contributed by atoms with van der Waals surface area (Å²) in [6.45, 7) is 3.32. The molecule has 0 atom stereocenters. The molecular formula is C13H23N3. The highest BCUT2D eigenvalue weighted by atomic mass is 15.1. The van der Waals surface area contributed by atoms with Gasteiger partial charge in [0.2, 0.25) is 0 Å². The van der Waals surface area contributed by atoms with Crippen molar-refractivity contribution in [3.8, 4) is 0 Å². The van der Waals surface area contributed by atoms with Gasteiger partial charge in [-0.2, -0.15) is 0 Å². The highest BCUT2D eigenvalue weighted by Gasteiger charge is 2.19. The summed E-state index contributed by atoms with van der Waals surface area (Å²) in [4.78, 5) is 2.24. The maximum atomic E-state index is 3.54. The van der Waals surface area contributed by atoms with Gasteiger partial charge in [0.15, 0.2) is 0 Å². The van der Waals surface area contributed by atoms with E-state index in [-0.39, 0.29) is 0 Å². The first kappa shape index (κ1) is 11.7. The van der Waals surface area contributed by atoms with Gasteiger partial charge in [0.05, 0.1) is 0 Å². The summed E-state index contributed by atoms with van der Waals surface area (Å²) in [6, 6.07) is 3.03. The summed E-state index contributed by atoms with van der Waals surface area (Å²) in [5, 5.41) is 3.54. The Balaban J connectivity index is 1.68. The normalized spacial score (nSPS) is 15.9. The quantitative estimate of drug-likeness (QED) is 0.756. The average Bonchev–Trinajstić information content (AvgIpc) is 2.96. The fraction of sp³-hybridized carbons (Fsp3) is 0.692. The predicted octanol–water partition coefficient (Wildman–Crippen LogP) is 1.69. The molecule has 1 aliphatic carbocycles. The molecule has 0 bridgehead atoms. The minimum Gasteiger partial charge on any atom is -0.354 e. The summed E-state index contributed by atoms with van der Waals surface area (Å²) in [6.07, 6.45) is 8.41. The van der Waals surface area contributed by atoms with Crippen LogP contribution in [0.25, 0.3) is 0 Å². The first-order valence-electron chi connectivity index (χ1n) is 6.27. The fourth-order valence-electron chi connectivity index (χ4n) is 1.85. The number of aromatic nitrogens is 1. The van der Waals surface area contributed by atoms with Crippen molar-refractivity contribution in [3.63, 3.8) is 0 Å². The first-order chi connectivity index (χ1) is 7.74. The molecule has 1 aromatic heterocycles. The lowest BCUT2D eigenvalue weighted by molar-refractivity contribution is 0.386. The number of nitrogens with zero attached hydrogens (tertiary/aromatic N) is 2. The van der Waals surface area contributed by atoms with Crippen LogP contribution in [0.1, 0.15) is 24.8 Å². The molecule has 0 radical (unpaired) electrons. The second kappa shape index (κ2) is 5.51. The zero-order valence-corrected chi connectivity index (χ0v) is 10.4. The fourth-order valence-corrected chi connectivity index (χ4v) is 1.85. The molecule has 0 aliphatic heterocycles. The number of nitrogens with one attached hydrogen (secondary N) is 1. The molecule has 0 unspecified atom stereocenters. The molecule has 1 aromatic rings. The van der Waals surface area contributed by atoms with Gasteiger partial charge in [-0.1, -0.05) is 0 Å². The third-order valence-electron chi connectivity index (χ3n) is 3.01. The van der Waals surface area contributed by atoms with Crippen LogP contribution in [0.2, 0.25) is 0 Å². The Morgan fingerprint density at radius 3 is 2.94 bits per heavy atom. The van der Waals surface area contributed by atoms with Crippen LogP contribution in [0.15, 0.2) is 18.5 Å². The SMILES string of the molecule is CN(C)CCCn1ccc(CNC2CC2)c1. The monoisotopic (exact) mass is 221 g/mol. The number of aryl methyl sites for hydroxylation is 1. The van der Waals surface area contributed by atoms with Gasteiger partial charge in [-0.05, 0) is 51.5 Å². The van der Waals surface area contributed by atoms with Crippen molar-refractivity contribution in [2.45, 2.75) is 38.4 Å². The van der Waals surface area contributed by atoms with Crippen molar-refractivity contribution in [1.29, 1.82) is 0 Å². The topological polar surface area (TPSA) is 20.2 Å². The zero-order chi connectivity index (χ0) is 11.4. The van der Waals surface area contributed by atoms with Gasteiger partial charge < -0.3 is 14.8 Å². The Morgan fingerprint density at radius 2 is 2.25 bits per heavy atom. The van der Waals surface area contributed by atoms with E-state index >= 15 is 0 Å². The van der Waals surface area contributed by atoms with Crippen molar-refractivity contribution in [1.82, 2.24) is 14.8 Å². The van der Waals surface area contributed by atoms with E-state index in [2.05, 4.69) is 47.3 Å². The molecule has 1 N–H and O–H groups in total. The lowest BCUT2D eigenvalue weighted by Gasteiger charge is -2.09. The molecule has 0 amide bonds. The van der Waals surface area contributed by atoms with Gasteiger partial charge in [0.25, 0.3) is 0 Å².